The van der Waals surface area contributed by atoms with Crippen molar-refractivity contribution in [3.8, 4) is 16.2 Å². The molecule has 0 aliphatic carbocycles. The van der Waals surface area contributed by atoms with Gasteiger partial charge in [0.25, 0.3) is 0 Å². The number of alkyl halides is 3. The van der Waals surface area contributed by atoms with E-state index in [1.807, 2.05) is 37.3 Å². The van der Waals surface area contributed by atoms with Crippen LogP contribution in [0, 0.1) is 0 Å². The third-order valence-electron chi connectivity index (χ3n) is 4.32. The molecule has 28 heavy (non-hydrogen) atoms. The lowest BCUT2D eigenvalue weighted by molar-refractivity contribution is -0.139. The lowest BCUT2D eigenvalue weighted by atomic mass is 10.1. The molecule has 1 heterocycles. The molecule has 0 saturated heterocycles. The van der Waals surface area contributed by atoms with E-state index in [0.29, 0.717) is 18.6 Å². The molecular formula is C22H22F3NOS. The van der Waals surface area contributed by atoms with Gasteiger partial charge in [-0.25, -0.2) is 4.98 Å². The summed E-state index contributed by atoms with van der Waals surface area (Å²) in [4.78, 5) is 5.38. The number of benzene rings is 2. The number of rotatable bonds is 8. The first-order valence-corrected chi connectivity index (χ1v) is 10.1. The van der Waals surface area contributed by atoms with Crippen molar-refractivity contribution < 1.29 is 17.9 Å². The van der Waals surface area contributed by atoms with Crippen molar-refractivity contribution in [3.05, 3.63) is 70.9 Å². The Hall–Kier alpha value is -2.34. The minimum Gasteiger partial charge on any atom is -0.493 e. The van der Waals surface area contributed by atoms with Crippen LogP contribution in [0.3, 0.4) is 0 Å². The monoisotopic (exact) mass is 405 g/mol. The minimum atomic E-state index is -4.45. The zero-order valence-corrected chi connectivity index (χ0v) is 16.4. The average molecular weight is 405 g/mol. The van der Waals surface area contributed by atoms with E-state index < -0.39 is 11.7 Å². The third kappa shape index (κ3) is 5.35. The summed E-state index contributed by atoms with van der Waals surface area (Å²) in [6.07, 6.45) is 0.355. The second-order valence-corrected chi connectivity index (χ2v) is 7.66. The van der Waals surface area contributed by atoms with Crippen LogP contribution in [-0.2, 0) is 12.6 Å². The van der Waals surface area contributed by atoms with Crippen molar-refractivity contribution in [1.82, 2.24) is 4.98 Å². The summed E-state index contributed by atoms with van der Waals surface area (Å²) in [5.41, 5.74) is 0.904. The van der Waals surface area contributed by atoms with Gasteiger partial charge in [0.05, 0.1) is 22.1 Å². The van der Waals surface area contributed by atoms with Crippen LogP contribution in [0.15, 0.2) is 54.7 Å². The highest BCUT2D eigenvalue weighted by Gasteiger charge is 2.34. The lowest BCUT2D eigenvalue weighted by Crippen LogP contribution is -2.10. The Morgan fingerprint density at radius 3 is 2.54 bits per heavy atom. The number of thiazole rings is 1. The van der Waals surface area contributed by atoms with E-state index in [4.69, 9.17) is 4.74 Å². The molecule has 0 atom stereocenters. The van der Waals surface area contributed by atoms with E-state index in [1.54, 1.807) is 12.3 Å². The molecule has 0 fully saturated rings. The van der Waals surface area contributed by atoms with Crippen LogP contribution in [-0.4, -0.2) is 11.6 Å². The Labute approximate surface area is 167 Å². The van der Waals surface area contributed by atoms with Crippen LogP contribution >= 0.6 is 11.3 Å². The van der Waals surface area contributed by atoms with E-state index in [9.17, 15) is 13.2 Å². The van der Waals surface area contributed by atoms with Crippen LogP contribution in [0.2, 0.25) is 0 Å². The van der Waals surface area contributed by atoms with Gasteiger partial charge in [-0.05, 0) is 29.7 Å². The van der Waals surface area contributed by atoms with Crippen LogP contribution < -0.4 is 4.74 Å². The molecule has 0 saturated carbocycles. The smallest absolute Gasteiger partial charge is 0.419 e. The normalized spacial score (nSPS) is 11.6. The molecule has 2 nitrogen and oxygen atoms in total. The molecule has 6 heteroatoms. The van der Waals surface area contributed by atoms with E-state index >= 15 is 0 Å². The Morgan fingerprint density at radius 2 is 1.82 bits per heavy atom. The molecule has 148 valence electrons. The van der Waals surface area contributed by atoms with Gasteiger partial charge in [0, 0.05) is 12.6 Å². The molecule has 0 spiro atoms. The van der Waals surface area contributed by atoms with Crippen molar-refractivity contribution >= 4 is 11.3 Å². The molecule has 0 aliphatic heterocycles. The first-order valence-electron chi connectivity index (χ1n) is 9.30. The molecule has 2 aromatic carbocycles. The molecule has 0 N–H and O–H groups in total. The van der Waals surface area contributed by atoms with Crippen molar-refractivity contribution in [1.29, 1.82) is 0 Å². The number of aromatic nitrogens is 1. The summed E-state index contributed by atoms with van der Waals surface area (Å²) in [6.45, 7) is 2.33. The van der Waals surface area contributed by atoms with Gasteiger partial charge in [-0.1, -0.05) is 56.2 Å². The largest absolute Gasteiger partial charge is 0.493 e. The van der Waals surface area contributed by atoms with Crippen molar-refractivity contribution in [2.45, 2.75) is 38.8 Å². The number of hydrogen-bond acceptors (Lipinski definition) is 3. The van der Waals surface area contributed by atoms with E-state index in [0.717, 1.165) is 34.7 Å². The van der Waals surface area contributed by atoms with Gasteiger partial charge < -0.3 is 4.74 Å². The average Bonchev–Trinajstić information content (AvgIpc) is 3.14. The predicted molar refractivity (Wildman–Crippen MR) is 107 cm³/mol. The number of ether oxygens (including phenoxy) is 1. The van der Waals surface area contributed by atoms with Gasteiger partial charge in [0.2, 0.25) is 0 Å². The van der Waals surface area contributed by atoms with Crippen LogP contribution in [0.1, 0.15) is 42.3 Å². The molecule has 0 radical (unpaired) electrons. The van der Waals surface area contributed by atoms with E-state index in [2.05, 4.69) is 4.98 Å². The zero-order chi connectivity index (χ0) is 20.0. The summed E-state index contributed by atoms with van der Waals surface area (Å²) in [5, 5.41) is 0.781. The molecule has 1 aromatic heterocycles. The summed E-state index contributed by atoms with van der Waals surface area (Å²) in [5.74, 6) is -0.100. The zero-order valence-electron chi connectivity index (χ0n) is 15.6. The number of unbranched alkanes of at least 4 members (excludes halogenated alkanes) is 2. The SMILES string of the molecule is CCCCCOc1ccc(Cc2ncc(-c3ccccc3)s2)cc1C(F)(F)F. The topological polar surface area (TPSA) is 22.1 Å². The molecular weight excluding hydrogens is 383 g/mol. The maximum absolute atomic E-state index is 13.5. The van der Waals surface area contributed by atoms with Gasteiger partial charge >= 0.3 is 6.18 Å². The van der Waals surface area contributed by atoms with Gasteiger partial charge in [-0.15, -0.1) is 11.3 Å². The van der Waals surface area contributed by atoms with Gasteiger partial charge in [0.15, 0.2) is 0 Å². The van der Waals surface area contributed by atoms with Crippen molar-refractivity contribution in [2.24, 2.45) is 0 Å². The third-order valence-corrected chi connectivity index (χ3v) is 5.37. The second-order valence-electron chi connectivity index (χ2n) is 6.54. The first kappa shape index (κ1) is 20.4. The summed E-state index contributed by atoms with van der Waals surface area (Å²) < 4.78 is 45.8. The van der Waals surface area contributed by atoms with E-state index in [1.165, 1.54) is 23.5 Å². The fourth-order valence-corrected chi connectivity index (χ4v) is 3.83. The highest BCUT2D eigenvalue weighted by atomic mass is 32.1. The number of nitrogens with zero attached hydrogens (tertiary/aromatic N) is 1. The minimum absolute atomic E-state index is 0.100. The highest BCUT2D eigenvalue weighted by molar-refractivity contribution is 7.15. The first-order chi connectivity index (χ1) is 13.5. The predicted octanol–water partition coefficient (Wildman–Crippen LogP) is 6.99. The summed E-state index contributed by atoms with van der Waals surface area (Å²) in [6, 6.07) is 14.1. The van der Waals surface area contributed by atoms with Crippen molar-refractivity contribution in [3.63, 3.8) is 0 Å². The summed E-state index contributed by atoms with van der Waals surface area (Å²) >= 11 is 1.49. The Balaban J connectivity index is 1.76. The van der Waals surface area contributed by atoms with Crippen LogP contribution in [0.25, 0.3) is 10.4 Å². The van der Waals surface area contributed by atoms with E-state index in [-0.39, 0.29) is 5.75 Å². The molecule has 0 amide bonds. The maximum atomic E-state index is 13.5. The van der Waals surface area contributed by atoms with Gasteiger partial charge in [-0.2, -0.15) is 13.2 Å². The highest BCUT2D eigenvalue weighted by Crippen LogP contribution is 2.37. The van der Waals surface area contributed by atoms with Gasteiger partial charge in [0.1, 0.15) is 5.75 Å². The fraction of sp³-hybridized carbons (Fsp3) is 0.318. The summed E-state index contributed by atoms with van der Waals surface area (Å²) in [7, 11) is 0. The maximum Gasteiger partial charge on any atom is 0.419 e. The van der Waals surface area contributed by atoms with Gasteiger partial charge in [-0.3, -0.25) is 0 Å². The van der Waals surface area contributed by atoms with Crippen molar-refractivity contribution in [2.75, 3.05) is 6.61 Å². The number of hydrogen-bond donors (Lipinski definition) is 0. The molecule has 0 bridgehead atoms. The second kappa shape index (κ2) is 9.24. The van der Waals surface area contributed by atoms with Crippen LogP contribution in [0.4, 0.5) is 13.2 Å². The molecule has 0 aliphatic rings. The lowest BCUT2D eigenvalue weighted by Gasteiger charge is -2.15. The fourth-order valence-electron chi connectivity index (χ4n) is 2.87. The molecule has 3 rings (SSSR count). The Morgan fingerprint density at radius 1 is 1.04 bits per heavy atom. The van der Waals surface area contributed by atoms with Crippen LogP contribution in [0.5, 0.6) is 5.75 Å². The number of halogens is 3. The Kier molecular flexibility index (Phi) is 6.73. The molecule has 3 aromatic rings. The molecule has 0 unspecified atom stereocenters. The Bertz CT molecular complexity index is 890. The quantitative estimate of drug-likeness (QED) is 0.377. The standard InChI is InChI=1S/C22H22F3NOS/c1-2-3-7-12-27-19-11-10-16(13-18(19)22(23,24)25)14-21-26-15-20(28-21)17-8-5-4-6-9-17/h4-6,8-11,13,15H,2-3,7,12,14H2,1H3.